The molecule has 1 nitrogen and oxygen atoms in total. The van der Waals surface area contributed by atoms with Crippen molar-refractivity contribution in [3.8, 4) is 0 Å². The van der Waals surface area contributed by atoms with Crippen molar-refractivity contribution in [3.63, 3.8) is 0 Å². The number of aliphatic hydroxyl groups is 1. The molecule has 3 aromatic rings. The van der Waals surface area contributed by atoms with Crippen molar-refractivity contribution in [1.82, 2.24) is 0 Å². The van der Waals surface area contributed by atoms with Crippen molar-refractivity contribution >= 4 is 0 Å². The molecule has 1 N–H and O–H groups in total. The molecule has 0 aliphatic heterocycles. The maximum absolute atomic E-state index is 13.1. The lowest BCUT2D eigenvalue weighted by molar-refractivity contribution is -0.137. The van der Waals surface area contributed by atoms with Gasteiger partial charge in [0, 0.05) is 5.92 Å². The van der Waals surface area contributed by atoms with Crippen molar-refractivity contribution in [2.75, 3.05) is 0 Å². The molecule has 3 aromatic carbocycles. The topological polar surface area (TPSA) is 20.2 Å². The number of hydrogen-bond donors (Lipinski definition) is 1. The molecule has 0 saturated heterocycles. The first-order valence-corrected chi connectivity index (χ1v) is 8.97. The van der Waals surface area contributed by atoms with Gasteiger partial charge in [0.2, 0.25) is 0 Å². The van der Waals surface area contributed by atoms with Crippen LogP contribution in [0, 0.1) is 5.92 Å². The van der Waals surface area contributed by atoms with Crippen LogP contribution in [0.5, 0.6) is 0 Å². The summed E-state index contributed by atoms with van der Waals surface area (Å²) in [5, 5.41) is 11.1. The third-order valence-corrected chi connectivity index (χ3v) is 6.19. The van der Waals surface area contributed by atoms with E-state index in [1.54, 1.807) is 12.1 Å². The fourth-order valence-electron chi connectivity index (χ4n) is 5.14. The number of hydrogen-bond acceptors (Lipinski definition) is 1. The van der Waals surface area contributed by atoms with E-state index >= 15 is 0 Å². The Morgan fingerprint density at radius 3 is 2.15 bits per heavy atom. The molecular weight excluding hydrogens is 349 g/mol. The maximum Gasteiger partial charge on any atom is 0.416 e. The van der Waals surface area contributed by atoms with Gasteiger partial charge in [0.1, 0.15) is 0 Å². The third kappa shape index (κ3) is 2.10. The number of aliphatic hydroxyl groups excluding tert-OH is 1. The van der Waals surface area contributed by atoms with Crippen LogP contribution in [0.4, 0.5) is 13.2 Å². The van der Waals surface area contributed by atoms with E-state index in [4.69, 9.17) is 0 Å². The molecule has 0 aromatic heterocycles. The van der Waals surface area contributed by atoms with Gasteiger partial charge in [-0.1, -0.05) is 60.7 Å². The second-order valence-corrected chi connectivity index (χ2v) is 7.38. The first-order valence-electron chi connectivity index (χ1n) is 8.97. The Kier molecular flexibility index (Phi) is 3.35. The molecule has 136 valence electrons. The summed E-state index contributed by atoms with van der Waals surface area (Å²) < 4.78 is 39.2. The number of alkyl halides is 3. The molecule has 0 spiro atoms. The van der Waals surface area contributed by atoms with E-state index in [-0.39, 0.29) is 5.92 Å². The van der Waals surface area contributed by atoms with Crippen LogP contribution in [0.15, 0.2) is 72.8 Å². The second-order valence-electron chi connectivity index (χ2n) is 7.38. The number of rotatable bonds is 1. The number of halogens is 3. The van der Waals surface area contributed by atoms with Crippen LogP contribution in [0.25, 0.3) is 0 Å². The molecule has 0 fully saturated rings. The van der Waals surface area contributed by atoms with E-state index in [0.29, 0.717) is 6.42 Å². The summed E-state index contributed by atoms with van der Waals surface area (Å²) in [7, 11) is 0. The summed E-state index contributed by atoms with van der Waals surface area (Å²) in [5.41, 5.74) is 3.63. The van der Waals surface area contributed by atoms with Crippen LogP contribution in [-0.4, -0.2) is 5.11 Å². The summed E-state index contributed by atoms with van der Waals surface area (Å²) >= 11 is 0. The average Bonchev–Trinajstić information content (AvgIpc) is 3.14. The molecule has 0 amide bonds. The molecule has 0 heterocycles. The van der Waals surface area contributed by atoms with Gasteiger partial charge in [-0.3, -0.25) is 0 Å². The fourth-order valence-corrected chi connectivity index (χ4v) is 5.14. The zero-order valence-electron chi connectivity index (χ0n) is 14.4. The predicted octanol–water partition coefficient (Wildman–Crippen LogP) is 5.26. The molecule has 4 heteroatoms. The van der Waals surface area contributed by atoms with Gasteiger partial charge < -0.3 is 5.11 Å². The van der Waals surface area contributed by atoms with Gasteiger partial charge in [-0.05, 0) is 46.4 Å². The highest BCUT2D eigenvalue weighted by molar-refractivity contribution is 5.63. The van der Waals surface area contributed by atoms with Crippen LogP contribution in [0.3, 0.4) is 0 Å². The second kappa shape index (κ2) is 5.46. The highest BCUT2D eigenvalue weighted by Crippen LogP contribution is 2.62. The monoisotopic (exact) mass is 366 g/mol. The van der Waals surface area contributed by atoms with E-state index < -0.39 is 23.3 Å². The van der Waals surface area contributed by atoms with E-state index in [1.807, 2.05) is 42.5 Å². The summed E-state index contributed by atoms with van der Waals surface area (Å²) in [5.74, 6) is -0.121. The minimum atomic E-state index is -4.36. The van der Waals surface area contributed by atoms with Crippen molar-refractivity contribution in [2.24, 2.45) is 5.92 Å². The Labute approximate surface area is 155 Å². The van der Waals surface area contributed by atoms with Gasteiger partial charge in [0.15, 0.2) is 0 Å². The fraction of sp³-hybridized carbons (Fsp3) is 0.217. The SMILES string of the molecule is OC1c2ccccc2[C@]2(c3ccc(C(F)(F)F)cc3)c3ccccc3C[C@H]12. The zero-order valence-corrected chi connectivity index (χ0v) is 14.4. The number of fused-ring (bicyclic) bond motifs is 5. The van der Waals surface area contributed by atoms with Crippen LogP contribution < -0.4 is 0 Å². The standard InChI is InChI=1S/C23H17F3O/c24-23(25,26)16-11-9-15(10-12-16)22-18-7-3-1-5-14(18)13-20(22)21(27)17-6-2-4-8-19(17)22/h1-12,20-21,27H,13H2/t20-,21?,22+/m1/s1. The Balaban J connectivity index is 1.80. The van der Waals surface area contributed by atoms with Gasteiger partial charge in [0.25, 0.3) is 0 Å². The number of benzene rings is 3. The Morgan fingerprint density at radius 2 is 1.44 bits per heavy atom. The van der Waals surface area contributed by atoms with Crippen molar-refractivity contribution < 1.29 is 18.3 Å². The summed E-state index contributed by atoms with van der Waals surface area (Å²) in [4.78, 5) is 0. The highest BCUT2D eigenvalue weighted by Gasteiger charge is 2.57. The maximum atomic E-state index is 13.1. The van der Waals surface area contributed by atoms with E-state index in [2.05, 4.69) is 6.07 Å². The summed E-state index contributed by atoms with van der Waals surface area (Å²) in [6, 6.07) is 21.2. The van der Waals surface area contributed by atoms with Crippen LogP contribution in [0.1, 0.15) is 39.5 Å². The van der Waals surface area contributed by atoms with Gasteiger partial charge in [-0.15, -0.1) is 0 Å². The molecule has 27 heavy (non-hydrogen) atoms. The Hall–Kier alpha value is -2.59. The first kappa shape index (κ1) is 16.6. The van der Waals surface area contributed by atoms with Gasteiger partial charge in [-0.2, -0.15) is 13.2 Å². The quantitative estimate of drug-likeness (QED) is 0.623. The van der Waals surface area contributed by atoms with Crippen LogP contribution in [0.2, 0.25) is 0 Å². The van der Waals surface area contributed by atoms with Gasteiger partial charge >= 0.3 is 6.18 Å². The largest absolute Gasteiger partial charge is 0.416 e. The molecule has 0 bridgehead atoms. The Morgan fingerprint density at radius 1 is 0.815 bits per heavy atom. The molecule has 0 saturated carbocycles. The van der Waals surface area contributed by atoms with Gasteiger partial charge in [0.05, 0.1) is 17.1 Å². The summed E-state index contributed by atoms with van der Waals surface area (Å²) in [6.45, 7) is 0. The third-order valence-electron chi connectivity index (χ3n) is 6.19. The molecule has 3 atom stereocenters. The lowest BCUT2D eigenvalue weighted by Gasteiger charge is -2.34. The highest BCUT2D eigenvalue weighted by atomic mass is 19.4. The first-order chi connectivity index (χ1) is 12.9. The molecular formula is C23H17F3O. The molecule has 2 aliphatic carbocycles. The minimum absolute atomic E-state index is 0.121. The average molecular weight is 366 g/mol. The smallest absolute Gasteiger partial charge is 0.388 e. The summed E-state index contributed by atoms with van der Waals surface area (Å²) in [6.07, 6.45) is -4.31. The van der Waals surface area contributed by atoms with Crippen molar-refractivity contribution in [1.29, 1.82) is 0 Å². The van der Waals surface area contributed by atoms with Gasteiger partial charge in [-0.25, -0.2) is 0 Å². The van der Waals surface area contributed by atoms with E-state index in [0.717, 1.165) is 39.9 Å². The minimum Gasteiger partial charge on any atom is -0.388 e. The van der Waals surface area contributed by atoms with E-state index in [1.165, 1.54) is 0 Å². The Bertz CT molecular complexity index is 1020. The van der Waals surface area contributed by atoms with Crippen LogP contribution >= 0.6 is 0 Å². The zero-order chi connectivity index (χ0) is 18.8. The normalized spacial score (nSPS) is 25.8. The van der Waals surface area contributed by atoms with E-state index in [9.17, 15) is 18.3 Å². The lowest BCUT2D eigenvalue weighted by atomic mass is 9.68. The van der Waals surface area contributed by atoms with Crippen LogP contribution in [-0.2, 0) is 18.0 Å². The molecule has 2 aliphatic rings. The molecule has 1 unspecified atom stereocenters. The predicted molar refractivity (Wildman–Crippen MR) is 96.4 cm³/mol. The van der Waals surface area contributed by atoms with Crippen molar-refractivity contribution in [2.45, 2.75) is 24.1 Å². The molecule has 0 radical (unpaired) electrons. The molecule has 5 rings (SSSR count). The lowest BCUT2D eigenvalue weighted by Crippen LogP contribution is -2.32. The van der Waals surface area contributed by atoms with Crippen molar-refractivity contribution in [3.05, 3.63) is 106 Å².